The number of rotatable bonds is 4. The van der Waals surface area contributed by atoms with Gasteiger partial charge in [-0.25, -0.2) is 0 Å². The standard InChI is InChI=1S/C24H27N3O2.ClH/c25-23(28)17-6-4-16(5-7-17)18-8-9-22-19(14-18)10-13-27(24(22)29)21-11-12-26(15-21)20-2-1-3-20;/h4-9,14,20-21H,1-3,10-13,15H2,(H2,25,28);1H/t21-;/m1./s1. The molecule has 3 aliphatic rings. The molecule has 6 heteroatoms. The van der Waals surface area contributed by atoms with E-state index in [0.717, 1.165) is 60.8 Å². The predicted octanol–water partition coefficient (Wildman–Crippen LogP) is 3.50. The van der Waals surface area contributed by atoms with E-state index in [4.69, 9.17) is 5.73 Å². The summed E-state index contributed by atoms with van der Waals surface area (Å²) in [5.74, 6) is -0.238. The highest BCUT2D eigenvalue weighted by molar-refractivity contribution is 5.98. The number of primary amides is 1. The van der Waals surface area contributed by atoms with Gasteiger partial charge in [0.25, 0.3) is 5.91 Å². The first kappa shape index (κ1) is 20.9. The fourth-order valence-corrected chi connectivity index (χ4v) is 4.97. The molecule has 0 bridgehead atoms. The zero-order valence-electron chi connectivity index (χ0n) is 17.0. The average Bonchev–Trinajstić information content (AvgIpc) is 3.16. The van der Waals surface area contributed by atoms with E-state index in [2.05, 4.69) is 15.9 Å². The zero-order chi connectivity index (χ0) is 20.0. The first-order valence-corrected chi connectivity index (χ1v) is 10.7. The first-order valence-electron chi connectivity index (χ1n) is 10.7. The summed E-state index contributed by atoms with van der Waals surface area (Å²) >= 11 is 0. The largest absolute Gasteiger partial charge is 0.366 e. The lowest BCUT2D eigenvalue weighted by molar-refractivity contribution is 0.0646. The van der Waals surface area contributed by atoms with Crippen molar-refractivity contribution in [2.45, 2.75) is 44.2 Å². The highest BCUT2D eigenvalue weighted by Crippen LogP contribution is 2.32. The SMILES string of the molecule is Cl.NC(=O)c1ccc(-c2ccc3c(c2)CCN([C@@H]2CCN(C4CCC4)C2)C3=O)cc1. The summed E-state index contributed by atoms with van der Waals surface area (Å²) in [5.41, 5.74) is 9.89. The molecule has 0 aromatic heterocycles. The van der Waals surface area contributed by atoms with E-state index in [1.54, 1.807) is 12.1 Å². The number of nitrogens with two attached hydrogens (primary N) is 1. The monoisotopic (exact) mass is 425 g/mol. The third-order valence-electron chi connectivity index (χ3n) is 6.95. The lowest BCUT2D eigenvalue weighted by Gasteiger charge is -2.37. The van der Waals surface area contributed by atoms with E-state index in [1.165, 1.54) is 19.3 Å². The van der Waals surface area contributed by atoms with Gasteiger partial charge in [0.15, 0.2) is 0 Å². The molecule has 2 heterocycles. The molecule has 2 fully saturated rings. The van der Waals surface area contributed by atoms with Gasteiger partial charge < -0.3 is 10.6 Å². The molecule has 0 spiro atoms. The molecule has 1 saturated carbocycles. The molecule has 0 unspecified atom stereocenters. The molecule has 30 heavy (non-hydrogen) atoms. The summed E-state index contributed by atoms with van der Waals surface area (Å²) in [4.78, 5) is 29.2. The Bertz CT molecular complexity index is 955. The van der Waals surface area contributed by atoms with Gasteiger partial charge in [0.1, 0.15) is 0 Å². The van der Waals surface area contributed by atoms with Gasteiger partial charge in [-0.3, -0.25) is 14.5 Å². The van der Waals surface area contributed by atoms with Gasteiger partial charge in [-0.2, -0.15) is 0 Å². The minimum absolute atomic E-state index is 0. The fourth-order valence-electron chi connectivity index (χ4n) is 4.97. The van der Waals surface area contributed by atoms with Crippen LogP contribution in [0.4, 0.5) is 0 Å². The Morgan fingerprint density at radius 3 is 2.33 bits per heavy atom. The van der Waals surface area contributed by atoms with Crippen LogP contribution in [0.2, 0.25) is 0 Å². The maximum absolute atomic E-state index is 13.2. The maximum Gasteiger partial charge on any atom is 0.254 e. The van der Waals surface area contributed by atoms with Crippen molar-refractivity contribution in [1.82, 2.24) is 9.80 Å². The van der Waals surface area contributed by atoms with Crippen LogP contribution in [-0.4, -0.2) is 53.3 Å². The highest BCUT2D eigenvalue weighted by Gasteiger charge is 2.37. The molecule has 2 aromatic rings. The number of halogens is 1. The van der Waals surface area contributed by atoms with E-state index in [1.807, 2.05) is 24.3 Å². The Kier molecular flexibility index (Phi) is 5.85. The molecular weight excluding hydrogens is 398 g/mol. The second kappa shape index (κ2) is 8.40. The number of carbonyl (C=O) groups is 2. The Labute approximate surface area is 183 Å². The van der Waals surface area contributed by atoms with Gasteiger partial charge in [0, 0.05) is 42.8 Å². The quantitative estimate of drug-likeness (QED) is 0.815. The lowest BCUT2D eigenvalue weighted by atomic mass is 9.92. The van der Waals surface area contributed by atoms with E-state index in [9.17, 15) is 9.59 Å². The lowest BCUT2D eigenvalue weighted by Crippen LogP contribution is -2.47. The summed E-state index contributed by atoms with van der Waals surface area (Å²) in [6.07, 6.45) is 6.00. The molecule has 2 amide bonds. The van der Waals surface area contributed by atoms with Crippen molar-refractivity contribution in [3.63, 3.8) is 0 Å². The molecule has 2 aliphatic heterocycles. The molecule has 1 atom stereocenters. The van der Waals surface area contributed by atoms with E-state index < -0.39 is 5.91 Å². The van der Waals surface area contributed by atoms with Crippen LogP contribution in [-0.2, 0) is 6.42 Å². The smallest absolute Gasteiger partial charge is 0.254 e. The van der Waals surface area contributed by atoms with E-state index in [0.29, 0.717) is 11.6 Å². The zero-order valence-corrected chi connectivity index (χ0v) is 17.9. The van der Waals surface area contributed by atoms with Crippen molar-refractivity contribution >= 4 is 24.2 Å². The van der Waals surface area contributed by atoms with Gasteiger partial charge in [-0.05, 0) is 60.6 Å². The minimum atomic E-state index is -0.421. The number of amides is 2. The number of benzene rings is 2. The number of nitrogens with zero attached hydrogens (tertiary/aromatic N) is 2. The summed E-state index contributed by atoms with van der Waals surface area (Å²) in [6.45, 7) is 2.97. The van der Waals surface area contributed by atoms with Crippen LogP contribution in [0.1, 0.15) is 52.0 Å². The average molecular weight is 426 g/mol. The Morgan fingerprint density at radius 2 is 1.67 bits per heavy atom. The van der Waals surface area contributed by atoms with Gasteiger partial charge >= 0.3 is 0 Å². The molecule has 5 rings (SSSR count). The molecule has 1 aliphatic carbocycles. The molecular formula is C24H28ClN3O2. The normalized spacial score (nSPS) is 21.7. The van der Waals surface area contributed by atoms with Gasteiger partial charge in [0.05, 0.1) is 0 Å². The first-order chi connectivity index (χ1) is 14.1. The Morgan fingerprint density at radius 1 is 0.933 bits per heavy atom. The number of carbonyl (C=O) groups excluding carboxylic acids is 2. The summed E-state index contributed by atoms with van der Waals surface area (Å²) in [7, 11) is 0. The van der Waals surface area contributed by atoms with Crippen molar-refractivity contribution in [2.24, 2.45) is 5.73 Å². The van der Waals surface area contributed by atoms with E-state index in [-0.39, 0.29) is 18.3 Å². The molecule has 2 aromatic carbocycles. The van der Waals surface area contributed by atoms with Gasteiger partial charge in [-0.15, -0.1) is 12.4 Å². The topological polar surface area (TPSA) is 66.6 Å². The van der Waals surface area contributed by atoms with Crippen LogP contribution in [0.5, 0.6) is 0 Å². The van der Waals surface area contributed by atoms with Crippen LogP contribution in [0.25, 0.3) is 11.1 Å². The second-order valence-electron chi connectivity index (χ2n) is 8.58. The van der Waals surface area contributed by atoms with Gasteiger partial charge in [-0.1, -0.05) is 30.7 Å². The molecule has 5 nitrogen and oxygen atoms in total. The number of fused-ring (bicyclic) bond motifs is 1. The molecule has 1 saturated heterocycles. The number of hydrogen-bond donors (Lipinski definition) is 1. The number of likely N-dealkylation sites (tertiary alicyclic amines) is 1. The molecule has 158 valence electrons. The van der Waals surface area contributed by atoms with Crippen LogP contribution in [0.3, 0.4) is 0 Å². The number of hydrogen-bond acceptors (Lipinski definition) is 3. The Balaban J connectivity index is 0.00000218. The van der Waals surface area contributed by atoms with Crippen LogP contribution in [0.15, 0.2) is 42.5 Å². The van der Waals surface area contributed by atoms with Crippen molar-refractivity contribution in [3.8, 4) is 11.1 Å². The molecule has 0 radical (unpaired) electrons. The van der Waals surface area contributed by atoms with Crippen molar-refractivity contribution < 1.29 is 9.59 Å². The van der Waals surface area contributed by atoms with Gasteiger partial charge in [0.2, 0.25) is 5.91 Å². The third kappa shape index (κ3) is 3.72. The summed E-state index contributed by atoms with van der Waals surface area (Å²) in [5, 5.41) is 0. The third-order valence-corrected chi connectivity index (χ3v) is 6.95. The van der Waals surface area contributed by atoms with Crippen LogP contribution >= 0.6 is 12.4 Å². The predicted molar refractivity (Wildman–Crippen MR) is 120 cm³/mol. The van der Waals surface area contributed by atoms with Crippen molar-refractivity contribution in [2.75, 3.05) is 19.6 Å². The van der Waals surface area contributed by atoms with Crippen LogP contribution < -0.4 is 5.73 Å². The minimum Gasteiger partial charge on any atom is -0.366 e. The van der Waals surface area contributed by atoms with Crippen molar-refractivity contribution in [1.29, 1.82) is 0 Å². The van der Waals surface area contributed by atoms with Crippen molar-refractivity contribution in [3.05, 3.63) is 59.2 Å². The van der Waals surface area contributed by atoms with Crippen LogP contribution in [0, 0.1) is 0 Å². The summed E-state index contributed by atoms with van der Waals surface area (Å²) < 4.78 is 0. The second-order valence-corrected chi connectivity index (χ2v) is 8.58. The molecule has 2 N–H and O–H groups in total. The fraction of sp³-hybridized carbons (Fsp3) is 0.417. The highest BCUT2D eigenvalue weighted by atomic mass is 35.5. The maximum atomic E-state index is 13.2. The Hall–Kier alpha value is -2.37. The summed E-state index contributed by atoms with van der Waals surface area (Å²) in [6, 6.07) is 14.5. The van der Waals surface area contributed by atoms with E-state index >= 15 is 0 Å².